The molecule has 0 saturated carbocycles. The molecular weight excluding hydrogens is 414 g/mol. The van der Waals surface area contributed by atoms with E-state index < -0.39 is 0 Å². The van der Waals surface area contributed by atoms with Gasteiger partial charge in [-0.3, -0.25) is 0 Å². The van der Waals surface area contributed by atoms with Gasteiger partial charge in [-0.2, -0.15) is 0 Å². The topological polar surface area (TPSA) is 38.7 Å². The molecule has 0 atom stereocenters. The number of aromatic nitrogens is 3. The molecule has 0 fully saturated rings. The van der Waals surface area contributed by atoms with Gasteiger partial charge in [0.2, 0.25) is 0 Å². The molecule has 1 heterocycles. The fourth-order valence-corrected chi connectivity index (χ4v) is 4.88. The number of rotatable bonds is 3. The Morgan fingerprint density at radius 3 is 1.47 bits per heavy atom. The average molecular weight is 434 g/mol. The van der Waals surface area contributed by atoms with Gasteiger partial charge in [0.25, 0.3) is 0 Å². The summed E-state index contributed by atoms with van der Waals surface area (Å²) in [4.78, 5) is 14.7. The lowest BCUT2D eigenvalue weighted by molar-refractivity contribution is 1.07. The second-order valence-corrected chi connectivity index (χ2v) is 8.51. The zero-order chi connectivity index (χ0) is 22.5. The van der Waals surface area contributed by atoms with E-state index in [9.17, 15) is 0 Å². The minimum Gasteiger partial charge on any atom is -0.208 e. The molecule has 34 heavy (non-hydrogen) atoms. The Hall–Kier alpha value is -4.63. The number of hydrogen-bond donors (Lipinski definition) is 0. The second kappa shape index (κ2) is 7.46. The van der Waals surface area contributed by atoms with Crippen molar-refractivity contribution in [2.45, 2.75) is 0 Å². The van der Waals surface area contributed by atoms with Crippen LogP contribution in [0.25, 0.3) is 67.2 Å². The van der Waals surface area contributed by atoms with E-state index in [-0.39, 0.29) is 0 Å². The molecule has 0 spiro atoms. The van der Waals surface area contributed by atoms with E-state index in [0.29, 0.717) is 17.5 Å². The maximum absolute atomic E-state index is 4.93. The summed E-state index contributed by atoms with van der Waals surface area (Å²) in [5.41, 5.74) is 8.01. The van der Waals surface area contributed by atoms with Crippen molar-refractivity contribution in [1.82, 2.24) is 15.0 Å². The van der Waals surface area contributed by atoms with Crippen molar-refractivity contribution in [3.8, 4) is 56.4 Å². The molecule has 5 aromatic carbocycles. The quantitative estimate of drug-likeness (QED) is 0.287. The van der Waals surface area contributed by atoms with Gasteiger partial charge in [-0.05, 0) is 45.2 Å². The van der Waals surface area contributed by atoms with Crippen LogP contribution in [0, 0.1) is 0 Å². The molecule has 0 aliphatic heterocycles. The highest BCUT2D eigenvalue weighted by Crippen LogP contribution is 2.48. The summed E-state index contributed by atoms with van der Waals surface area (Å²) >= 11 is 0. The first-order chi connectivity index (χ1) is 16.8. The maximum Gasteiger partial charge on any atom is 0.164 e. The van der Waals surface area contributed by atoms with Crippen molar-refractivity contribution in [2.24, 2.45) is 0 Å². The third-order valence-corrected chi connectivity index (χ3v) is 6.44. The van der Waals surface area contributed by atoms with Gasteiger partial charge in [-0.1, -0.05) is 103 Å². The summed E-state index contributed by atoms with van der Waals surface area (Å²) in [5, 5.41) is 2.50. The number of benzene rings is 5. The summed E-state index contributed by atoms with van der Waals surface area (Å²) in [5.74, 6) is 2.03. The zero-order valence-corrected chi connectivity index (χ0v) is 18.3. The van der Waals surface area contributed by atoms with E-state index in [1.54, 1.807) is 0 Å². The molecule has 3 heteroatoms. The van der Waals surface area contributed by atoms with Gasteiger partial charge >= 0.3 is 0 Å². The van der Waals surface area contributed by atoms with Crippen LogP contribution in [0.1, 0.15) is 0 Å². The molecule has 0 bridgehead atoms. The lowest BCUT2D eigenvalue weighted by Crippen LogP contribution is -2.00. The highest BCUT2D eigenvalue weighted by Gasteiger charge is 2.22. The van der Waals surface area contributed by atoms with Crippen LogP contribution >= 0.6 is 0 Å². The summed E-state index contributed by atoms with van der Waals surface area (Å²) in [6.45, 7) is 0. The molecule has 0 unspecified atom stereocenters. The largest absolute Gasteiger partial charge is 0.208 e. The standard InChI is InChI=1S/C31H19N3/c1-3-10-20(11-4-1)29-32-30(21-12-5-2-6-13-21)34-31(33-29)23-18-22-14-9-17-26-24-15-7-8-16-25(24)27(19-23)28(22)26/h1-19H. The van der Waals surface area contributed by atoms with Gasteiger partial charge < -0.3 is 0 Å². The van der Waals surface area contributed by atoms with E-state index >= 15 is 0 Å². The maximum atomic E-state index is 4.93. The highest BCUT2D eigenvalue weighted by molar-refractivity contribution is 6.16. The van der Waals surface area contributed by atoms with E-state index in [1.165, 1.54) is 33.0 Å². The summed E-state index contributed by atoms with van der Waals surface area (Å²) in [6, 6.07) is 39.8. The Morgan fingerprint density at radius 2 is 0.853 bits per heavy atom. The van der Waals surface area contributed by atoms with Crippen molar-refractivity contribution in [2.75, 3.05) is 0 Å². The lowest BCUT2D eigenvalue weighted by Gasteiger charge is -2.10. The zero-order valence-electron chi connectivity index (χ0n) is 18.3. The van der Waals surface area contributed by atoms with E-state index in [4.69, 9.17) is 15.0 Å². The van der Waals surface area contributed by atoms with Crippen LogP contribution in [-0.2, 0) is 0 Å². The van der Waals surface area contributed by atoms with Gasteiger partial charge in [0.15, 0.2) is 17.5 Å². The van der Waals surface area contributed by atoms with Crippen molar-refractivity contribution in [1.29, 1.82) is 0 Å². The van der Waals surface area contributed by atoms with Crippen molar-refractivity contribution in [3.05, 3.63) is 115 Å². The van der Waals surface area contributed by atoms with Crippen LogP contribution in [0.2, 0.25) is 0 Å². The summed E-state index contributed by atoms with van der Waals surface area (Å²) < 4.78 is 0. The number of fused-ring (bicyclic) bond motifs is 3. The van der Waals surface area contributed by atoms with Gasteiger partial charge in [0, 0.05) is 16.7 Å². The van der Waals surface area contributed by atoms with Crippen LogP contribution in [-0.4, -0.2) is 15.0 Å². The van der Waals surface area contributed by atoms with Gasteiger partial charge in [0.05, 0.1) is 0 Å². The van der Waals surface area contributed by atoms with Gasteiger partial charge in [0.1, 0.15) is 0 Å². The molecule has 1 aliphatic carbocycles. The molecular formula is C31H19N3. The van der Waals surface area contributed by atoms with Crippen LogP contribution in [0.3, 0.4) is 0 Å². The average Bonchev–Trinajstić information content (AvgIpc) is 3.24. The SMILES string of the molecule is c1ccc(-c2nc(-c3ccccc3)nc(-c3cc4c5c(cccc5c3)-c3ccccc3-4)n2)cc1. The predicted octanol–water partition coefficient (Wildman–Crippen LogP) is 7.67. The Balaban J connectivity index is 1.49. The van der Waals surface area contributed by atoms with Crippen molar-refractivity contribution < 1.29 is 0 Å². The molecule has 6 aromatic rings. The van der Waals surface area contributed by atoms with Gasteiger partial charge in [-0.15, -0.1) is 0 Å². The molecule has 7 rings (SSSR count). The molecule has 0 radical (unpaired) electrons. The minimum atomic E-state index is 0.676. The first kappa shape index (κ1) is 18.9. The third kappa shape index (κ3) is 2.95. The van der Waals surface area contributed by atoms with Gasteiger partial charge in [-0.25, -0.2) is 15.0 Å². The van der Waals surface area contributed by atoms with Crippen molar-refractivity contribution in [3.63, 3.8) is 0 Å². The first-order valence-electron chi connectivity index (χ1n) is 11.4. The first-order valence-corrected chi connectivity index (χ1v) is 11.4. The summed E-state index contributed by atoms with van der Waals surface area (Å²) in [6.07, 6.45) is 0. The second-order valence-electron chi connectivity index (χ2n) is 8.51. The summed E-state index contributed by atoms with van der Waals surface area (Å²) in [7, 11) is 0. The Bertz CT molecular complexity index is 1630. The van der Waals surface area contributed by atoms with Crippen LogP contribution in [0.5, 0.6) is 0 Å². The predicted molar refractivity (Wildman–Crippen MR) is 138 cm³/mol. The van der Waals surface area contributed by atoms with Crippen LogP contribution in [0.4, 0.5) is 0 Å². The Labute approximate surface area is 197 Å². The molecule has 1 aromatic heterocycles. The van der Waals surface area contributed by atoms with Crippen LogP contribution < -0.4 is 0 Å². The molecule has 158 valence electrons. The minimum absolute atomic E-state index is 0.676. The molecule has 3 nitrogen and oxygen atoms in total. The smallest absolute Gasteiger partial charge is 0.164 e. The molecule has 0 amide bonds. The monoisotopic (exact) mass is 433 g/mol. The number of hydrogen-bond acceptors (Lipinski definition) is 3. The molecule has 0 saturated heterocycles. The van der Waals surface area contributed by atoms with E-state index in [2.05, 4.69) is 54.6 Å². The number of nitrogens with zero attached hydrogens (tertiary/aromatic N) is 3. The normalized spacial score (nSPS) is 11.5. The van der Waals surface area contributed by atoms with Crippen LogP contribution in [0.15, 0.2) is 115 Å². The fraction of sp³-hybridized carbons (Fsp3) is 0. The van der Waals surface area contributed by atoms with E-state index in [1.807, 2.05) is 60.7 Å². The van der Waals surface area contributed by atoms with E-state index in [0.717, 1.165) is 16.7 Å². The Kier molecular flexibility index (Phi) is 4.15. The fourth-order valence-electron chi connectivity index (χ4n) is 4.88. The molecule has 0 N–H and O–H groups in total. The van der Waals surface area contributed by atoms with Crippen molar-refractivity contribution >= 4 is 10.8 Å². The highest BCUT2D eigenvalue weighted by atomic mass is 15.0. The lowest BCUT2D eigenvalue weighted by atomic mass is 9.99. The molecule has 1 aliphatic rings. The third-order valence-electron chi connectivity index (χ3n) is 6.44. The Morgan fingerprint density at radius 1 is 0.353 bits per heavy atom.